The Kier molecular flexibility index (Phi) is 4.19. The van der Waals surface area contributed by atoms with E-state index in [9.17, 15) is 14.9 Å². The van der Waals surface area contributed by atoms with E-state index in [2.05, 4.69) is 4.74 Å². The number of carbonyl (C=O) groups is 1. The van der Waals surface area contributed by atoms with Crippen LogP contribution in [0, 0.1) is 10.1 Å². The number of rotatable bonds is 3. The van der Waals surface area contributed by atoms with Gasteiger partial charge in [-0.25, -0.2) is 4.79 Å². The van der Waals surface area contributed by atoms with Gasteiger partial charge in [0.1, 0.15) is 0 Å². The van der Waals surface area contributed by atoms with Gasteiger partial charge < -0.3 is 14.4 Å². The molecular formula is C13H16N2O5. The normalized spacial score (nSPS) is 18.7. The van der Waals surface area contributed by atoms with Crippen molar-refractivity contribution in [1.82, 2.24) is 0 Å². The molecule has 1 atom stereocenters. The van der Waals surface area contributed by atoms with E-state index in [0.717, 1.165) is 0 Å². The third kappa shape index (κ3) is 3.05. The van der Waals surface area contributed by atoms with Crippen LogP contribution in [0.25, 0.3) is 0 Å². The minimum atomic E-state index is -0.587. The van der Waals surface area contributed by atoms with Gasteiger partial charge in [0.15, 0.2) is 0 Å². The van der Waals surface area contributed by atoms with Gasteiger partial charge >= 0.3 is 5.97 Å². The lowest BCUT2D eigenvalue weighted by atomic mass is 10.1. The number of hydrogen-bond acceptors (Lipinski definition) is 6. The first-order valence-corrected chi connectivity index (χ1v) is 6.25. The minimum Gasteiger partial charge on any atom is -0.465 e. The van der Waals surface area contributed by atoms with Crippen LogP contribution in [0.1, 0.15) is 17.3 Å². The number of non-ortho nitro benzene ring substituents is 1. The molecule has 0 saturated carbocycles. The summed E-state index contributed by atoms with van der Waals surface area (Å²) in [6, 6.07) is 4.29. The molecule has 0 aromatic heterocycles. The molecule has 2 rings (SSSR count). The molecule has 1 aliphatic rings. The minimum absolute atomic E-state index is 0.0459. The maximum Gasteiger partial charge on any atom is 0.338 e. The Labute approximate surface area is 116 Å². The first-order chi connectivity index (χ1) is 9.51. The Morgan fingerprint density at radius 3 is 2.85 bits per heavy atom. The van der Waals surface area contributed by atoms with E-state index < -0.39 is 10.9 Å². The molecule has 7 heteroatoms. The Morgan fingerprint density at radius 1 is 1.50 bits per heavy atom. The zero-order chi connectivity index (χ0) is 14.7. The standard InChI is InChI=1S/C13H16N2O5/c1-9-8-14(3-4-20-9)11-5-10(13(16)19-2)6-12(7-11)15(17)18/h5-7,9H,3-4,8H2,1-2H3. The molecular weight excluding hydrogens is 264 g/mol. The van der Waals surface area contributed by atoms with E-state index in [1.54, 1.807) is 6.07 Å². The van der Waals surface area contributed by atoms with Gasteiger partial charge in [0.25, 0.3) is 5.69 Å². The Balaban J connectivity index is 2.38. The SMILES string of the molecule is COC(=O)c1cc(N2CCOC(C)C2)cc([N+](=O)[O-])c1. The molecule has 20 heavy (non-hydrogen) atoms. The van der Waals surface area contributed by atoms with Crippen LogP contribution in [0.3, 0.4) is 0 Å². The Bertz CT molecular complexity index is 531. The van der Waals surface area contributed by atoms with Gasteiger partial charge in [0.05, 0.1) is 30.3 Å². The van der Waals surface area contributed by atoms with Gasteiger partial charge in [-0.05, 0) is 13.0 Å². The summed E-state index contributed by atoms with van der Waals surface area (Å²) < 4.78 is 10.1. The van der Waals surface area contributed by atoms with Crippen LogP contribution in [-0.4, -0.2) is 43.8 Å². The van der Waals surface area contributed by atoms with E-state index >= 15 is 0 Å². The quantitative estimate of drug-likeness (QED) is 0.475. The number of nitrogens with zero attached hydrogens (tertiary/aromatic N) is 2. The van der Waals surface area contributed by atoms with Crippen molar-refractivity contribution in [3.05, 3.63) is 33.9 Å². The smallest absolute Gasteiger partial charge is 0.338 e. The predicted molar refractivity (Wildman–Crippen MR) is 72.1 cm³/mol. The summed E-state index contributed by atoms with van der Waals surface area (Å²) >= 11 is 0. The van der Waals surface area contributed by atoms with Crippen molar-refractivity contribution in [3.8, 4) is 0 Å². The second kappa shape index (κ2) is 5.87. The second-order valence-electron chi connectivity index (χ2n) is 4.61. The molecule has 1 unspecified atom stereocenters. The van der Waals surface area contributed by atoms with Crippen molar-refractivity contribution < 1.29 is 19.2 Å². The van der Waals surface area contributed by atoms with Gasteiger partial charge in [-0.2, -0.15) is 0 Å². The van der Waals surface area contributed by atoms with E-state index in [0.29, 0.717) is 25.4 Å². The van der Waals surface area contributed by atoms with Crippen LogP contribution >= 0.6 is 0 Å². The van der Waals surface area contributed by atoms with Crippen molar-refractivity contribution in [2.45, 2.75) is 13.0 Å². The van der Waals surface area contributed by atoms with Crippen LogP contribution < -0.4 is 4.90 Å². The summed E-state index contributed by atoms with van der Waals surface area (Å²) in [6.07, 6.45) is 0.0459. The number of hydrogen-bond donors (Lipinski definition) is 0. The van der Waals surface area contributed by atoms with E-state index in [1.807, 2.05) is 11.8 Å². The monoisotopic (exact) mass is 280 g/mol. The summed E-state index contributed by atoms with van der Waals surface area (Å²) in [6.45, 7) is 3.75. The molecule has 1 aliphatic heterocycles. The summed E-state index contributed by atoms with van der Waals surface area (Å²) in [5, 5.41) is 11.0. The highest BCUT2D eigenvalue weighted by atomic mass is 16.6. The van der Waals surface area contributed by atoms with Crippen LogP contribution in [0.5, 0.6) is 0 Å². The highest BCUT2D eigenvalue weighted by molar-refractivity contribution is 5.91. The largest absolute Gasteiger partial charge is 0.465 e. The molecule has 0 aliphatic carbocycles. The van der Waals surface area contributed by atoms with E-state index in [4.69, 9.17) is 4.74 Å². The lowest BCUT2D eigenvalue weighted by molar-refractivity contribution is -0.384. The summed E-state index contributed by atoms with van der Waals surface area (Å²) in [5.74, 6) is -0.587. The van der Waals surface area contributed by atoms with Gasteiger partial charge in [-0.3, -0.25) is 10.1 Å². The predicted octanol–water partition coefficient (Wildman–Crippen LogP) is 1.61. The van der Waals surface area contributed by atoms with Crippen LogP contribution in [-0.2, 0) is 9.47 Å². The molecule has 0 bridgehead atoms. The van der Waals surface area contributed by atoms with Crippen molar-refractivity contribution in [1.29, 1.82) is 0 Å². The molecule has 1 aromatic carbocycles. The van der Waals surface area contributed by atoms with Crippen LogP contribution in [0.2, 0.25) is 0 Å². The van der Waals surface area contributed by atoms with Crippen molar-refractivity contribution >= 4 is 17.3 Å². The number of anilines is 1. The molecule has 1 heterocycles. The van der Waals surface area contributed by atoms with Gasteiger partial charge in [0, 0.05) is 30.9 Å². The first-order valence-electron chi connectivity index (χ1n) is 6.25. The van der Waals surface area contributed by atoms with Gasteiger partial charge in [0.2, 0.25) is 0 Å². The number of carbonyl (C=O) groups excluding carboxylic acids is 1. The van der Waals surface area contributed by atoms with Crippen molar-refractivity contribution in [2.75, 3.05) is 31.7 Å². The average molecular weight is 280 g/mol. The molecule has 1 fully saturated rings. The highest BCUT2D eigenvalue weighted by Crippen LogP contribution is 2.26. The molecule has 0 N–H and O–H groups in total. The Morgan fingerprint density at radius 2 is 2.25 bits per heavy atom. The third-order valence-corrected chi connectivity index (χ3v) is 3.14. The molecule has 0 spiro atoms. The molecule has 7 nitrogen and oxygen atoms in total. The van der Waals surface area contributed by atoms with E-state index in [1.165, 1.54) is 19.2 Å². The molecule has 1 saturated heterocycles. The summed E-state index contributed by atoms with van der Waals surface area (Å²) in [5.41, 5.74) is 0.688. The zero-order valence-corrected chi connectivity index (χ0v) is 11.4. The van der Waals surface area contributed by atoms with Crippen LogP contribution in [0.4, 0.5) is 11.4 Å². The third-order valence-electron chi connectivity index (χ3n) is 3.14. The number of ether oxygens (including phenoxy) is 2. The fraction of sp³-hybridized carbons (Fsp3) is 0.462. The molecule has 1 aromatic rings. The number of benzene rings is 1. The van der Waals surface area contributed by atoms with Gasteiger partial charge in [-0.15, -0.1) is 0 Å². The topological polar surface area (TPSA) is 81.9 Å². The van der Waals surface area contributed by atoms with Crippen molar-refractivity contribution in [3.63, 3.8) is 0 Å². The maximum atomic E-state index is 11.6. The average Bonchev–Trinajstić information content (AvgIpc) is 2.45. The number of morpholine rings is 1. The maximum absolute atomic E-state index is 11.6. The molecule has 0 radical (unpaired) electrons. The fourth-order valence-corrected chi connectivity index (χ4v) is 2.17. The lowest BCUT2D eigenvalue weighted by Gasteiger charge is -2.32. The zero-order valence-electron chi connectivity index (χ0n) is 11.4. The van der Waals surface area contributed by atoms with E-state index in [-0.39, 0.29) is 17.4 Å². The number of methoxy groups -OCH3 is 1. The number of esters is 1. The lowest BCUT2D eigenvalue weighted by Crippen LogP contribution is -2.41. The fourth-order valence-electron chi connectivity index (χ4n) is 2.17. The Hall–Kier alpha value is -2.15. The number of nitro benzene ring substituents is 1. The highest BCUT2D eigenvalue weighted by Gasteiger charge is 2.21. The second-order valence-corrected chi connectivity index (χ2v) is 4.61. The number of nitro groups is 1. The van der Waals surface area contributed by atoms with Gasteiger partial charge in [-0.1, -0.05) is 0 Å². The first kappa shape index (κ1) is 14.3. The van der Waals surface area contributed by atoms with Crippen molar-refractivity contribution in [2.24, 2.45) is 0 Å². The summed E-state index contributed by atoms with van der Waals surface area (Å²) in [4.78, 5) is 24.0. The van der Waals surface area contributed by atoms with Crippen LogP contribution in [0.15, 0.2) is 18.2 Å². The summed E-state index contributed by atoms with van der Waals surface area (Å²) in [7, 11) is 1.25. The molecule has 0 amide bonds. The molecule has 108 valence electrons.